The summed E-state index contributed by atoms with van der Waals surface area (Å²) in [7, 11) is 1.90. The maximum atomic E-state index is 11.5. The third kappa shape index (κ3) is 3.53. The normalized spacial score (nSPS) is 12.3. The molecule has 0 bridgehead atoms. The van der Waals surface area contributed by atoms with Crippen LogP contribution in [-0.4, -0.2) is 20.9 Å². The Morgan fingerprint density at radius 1 is 1.38 bits per heavy atom. The molecule has 112 valence electrons. The zero-order valence-corrected chi connectivity index (χ0v) is 13.8. The van der Waals surface area contributed by atoms with Gasteiger partial charge in [-0.1, -0.05) is 37.3 Å². The highest BCUT2D eigenvalue weighted by molar-refractivity contribution is 9.10. The van der Waals surface area contributed by atoms with E-state index in [4.69, 9.17) is 0 Å². The van der Waals surface area contributed by atoms with E-state index >= 15 is 0 Å². The molecule has 2 aromatic rings. The first-order valence-corrected chi connectivity index (χ1v) is 7.81. The van der Waals surface area contributed by atoms with Gasteiger partial charge in [0.05, 0.1) is 21.8 Å². The van der Waals surface area contributed by atoms with Gasteiger partial charge in [0.1, 0.15) is 0 Å². The lowest BCUT2D eigenvalue weighted by molar-refractivity contribution is -0.138. The van der Waals surface area contributed by atoms with E-state index in [1.54, 1.807) is 0 Å². The summed E-state index contributed by atoms with van der Waals surface area (Å²) in [5, 5.41) is 13.9. The van der Waals surface area contributed by atoms with Crippen LogP contribution in [-0.2, 0) is 24.7 Å². The van der Waals surface area contributed by atoms with Crippen molar-refractivity contribution in [3.63, 3.8) is 0 Å². The van der Waals surface area contributed by atoms with Crippen molar-refractivity contribution in [1.29, 1.82) is 0 Å². The molecular formula is C16H19BrN2O2. The summed E-state index contributed by atoms with van der Waals surface area (Å²) in [5.41, 5.74) is 2.91. The van der Waals surface area contributed by atoms with Crippen molar-refractivity contribution in [2.75, 3.05) is 0 Å². The van der Waals surface area contributed by atoms with Crippen molar-refractivity contribution in [2.24, 2.45) is 7.05 Å². The van der Waals surface area contributed by atoms with E-state index in [2.05, 4.69) is 28.0 Å². The maximum Gasteiger partial charge on any atom is 0.310 e. The molecule has 5 heteroatoms. The Bertz CT molecular complexity index is 623. The average Bonchev–Trinajstić information content (AvgIpc) is 2.75. The van der Waals surface area contributed by atoms with Gasteiger partial charge in [-0.25, -0.2) is 0 Å². The molecule has 1 N–H and O–H groups in total. The Morgan fingerprint density at radius 2 is 2.05 bits per heavy atom. The van der Waals surface area contributed by atoms with E-state index in [1.165, 1.54) is 0 Å². The molecule has 2 rings (SSSR count). The smallest absolute Gasteiger partial charge is 0.310 e. The Kier molecular flexibility index (Phi) is 5.17. The molecule has 0 aliphatic carbocycles. The number of nitrogens with zero attached hydrogens (tertiary/aromatic N) is 2. The van der Waals surface area contributed by atoms with Crippen LogP contribution in [0.25, 0.3) is 0 Å². The Balaban J connectivity index is 2.17. The quantitative estimate of drug-likeness (QED) is 0.866. The van der Waals surface area contributed by atoms with Gasteiger partial charge >= 0.3 is 5.97 Å². The Morgan fingerprint density at radius 3 is 2.57 bits per heavy atom. The molecule has 0 aliphatic rings. The van der Waals surface area contributed by atoms with E-state index in [0.29, 0.717) is 12.8 Å². The number of benzene rings is 1. The summed E-state index contributed by atoms with van der Waals surface area (Å²) in [4.78, 5) is 11.5. The molecule has 1 heterocycles. The van der Waals surface area contributed by atoms with Gasteiger partial charge in [0.2, 0.25) is 0 Å². The van der Waals surface area contributed by atoms with Gasteiger partial charge in [-0.2, -0.15) is 5.10 Å². The van der Waals surface area contributed by atoms with E-state index in [9.17, 15) is 9.90 Å². The van der Waals surface area contributed by atoms with Crippen molar-refractivity contribution in [3.8, 4) is 0 Å². The fourth-order valence-electron chi connectivity index (χ4n) is 2.49. The lowest BCUT2D eigenvalue weighted by Crippen LogP contribution is -2.13. The molecule has 0 aliphatic heterocycles. The van der Waals surface area contributed by atoms with Gasteiger partial charge in [0, 0.05) is 7.05 Å². The number of aryl methyl sites for hydroxylation is 2. The molecule has 0 saturated heterocycles. The fraction of sp³-hybridized carbons (Fsp3) is 0.375. The maximum absolute atomic E-state index is 11.5. The minimum atomic E-state index is -0.782. The summed E-state index contributed by atoms with van der Waals surface area (Å²) >= 11 is 3.57. The van der Waals surface area contributed by atoms with Crippen LogP contribution in [0.3, 0.4) is 0 Å². The van der Waals surface area contributed by atoms with Gasteiger partial charge in [-0.15, -0.1) is 0 Å². The van der Waals surface area contributed by atoms with E-state index in [1.807, 2.05) is 42.1 Å². The molecule has 0 saturated carbocycles. The summed E-state index contributed by atoms with van der Waals surface area (Å²) in [6, 6.07) is 9.39. The van der Waals surface area contributed by atoms with Gasteiger partial charge < -0.3 is 5.11 Å². The van der Waals surface area contributed by atoms with Crippen LogP contribution >= 0.6 is 15.9 Å². The highest BCUT2D eigenvalue weighted by Gasteiger charge is 2.21. The second kappa shape index (κ2) is 6.89. The van der Waals surface area contributed by atoms with Gasteiger partial charge in [-0.05, 0) is 40.8 Å². The van der Waals surface area contributed by atoms with Gasteiger partial charge in [-0.3, -0.25) is 9.48 Å². The van der Waals surface area contributed by atoms with Gasteiger partial charge in [0.15, 0.2) is 0 Å². The van der Waals surface area contributed by atoms with Crippen LogP contribution in [0.2, 0.25) is 0 Å². The summed E-state index contributed by atoms with van der Waals surface area (Å²) in [6.07, 6.45) is 2.09. The van der Waals surface area contributed by atoms with Crippen molar-refractivity contribution in [1.82, 2.24) is 9.78 Å². The topological polar surface area (TPSA) is 55.1 Å². The monoisotopic (exact) mass is 350 g/mol. The number of carboxylic acids is 1. The second-order valence-corrected chi connectivity index (χ2v) is 5.82. The van der Waals surface area contributed by atoms with E-state index in [-0.39, 0.29) is 0 Å². The van der Waals surface area contributed by atoms with Crippen LogP contribution in [0.15, 0.2) is 34.8 Å². The zero-order valence-electron chi connectivity index (χ0n) is 12.2. The van der Waals surface area contributed by atoms with Crippen LogP contribution < -0.4 is 0 Å². The van der Waals surface area contributed by atoms with Crippen LogP contribution in [0.1, 0.15) is 36.2 Å². The van der Waals surface area contributed by atoms with Crippen LogP contribution in [0.4, 0.5) is 0 Å². The number of hydrogen-bond acceptors (Lipinski definition) is 2. The second-order valence-electron chi connectivity index (χ2n) is 5.02. The summed E-state index contributed by atoms with van der Waals surface area (Å²) < 4.78 is 2.84. The molecule has 0 radical (unpaired) electrons. The zero-order chi connectivity index (χ0) is 15.4. The first-order valence-electron chi connectivity index (χ1n) is 7.02. The Labute approximate surface area is 132 Å². The van der Waals surface area contributed by atoms with Crippen molar-refractivity contribution >= 4 is 21.9 Å². The number of hydrogen-bond donors (Lipinski definition) is 1. The first-order chi connectivity index (χ1) is 10.0. The molecule has 1 unspecified atom stereocenters. The molecule has 4 nitrogen and oxygen atoms in total. The van der Waals surface area contributed by atoms with Crippen molar-refractivity contribution in [2.45, 2.75) is 32.1 Å². The number of halogens is 1. The molecule has 1 atom stereocenters. The van der Waals surface area contributed by atoms with E-state index in [0.717, 1.165) is 27.8 Å². The first kappa shape index (κ1) is 15.8. The molecule has 21 heavy (non-hydrogen) atoms. The SMILES string of the molecule is CCc1nn(C)c(CCC(C(=O)O)c2ccccc2)c1Br. The standard InChI is InChI=1S/C16H19BrN2O2/c1-3-13-15(17)14(19(2)18-13)10-9-12(16(20)21)11-7-5-4-6-8-11/h4-8,12H,3,9-10H2,1-2H3,(H,20,21). The molecule has 0 fully saturated rings. The lowest BCUT2D eigenvalue weighted by atomic mass is 9.93. The van der Waals surface area contributed by atoms with Gasteiger partial charge in [0.25, 0.3) is 0 Å². The minimum Gasteiger partial charge on any atom is -0.481 e. The molecule has 1 aromatic heterocycles. The number of aromatic nitrogens is 2. The predicted molar refractivity (Wildman–Crippen MR) is 85.4 cm³/mol. The largest absolute Gasteiger partial charge is 0.481 e. The third-order valence-corrected chi connectivity index (χ3v) is 4.59. The highest BCUT2D eigenvalue weighted by atomic mass is 79.9. The van der Waals surface area contributed by atoms with Crippen LogP contribution in [0, 0.1) is 0 Å². The van der Waals surface area contributed by atoms with E-state index < -0.39 is 11.9 Å². The molecule has 0 spiro atoms. The fourth-order valence-corrected chi connectivity index (χ4v) is 3.31. The highest BCUT2D eigenvalue weighted by Crippen LogP contribution is 2.27. The number of rotatable bonds is 6. The summed E-state index contributed by atoms with van der Waals surface area (Å²) in [5.74, 6) is -1.27. The number of carboxylic acid groups (broad SMARTS) is 1. The predicted octanol–water partition coefficient (Wildman–Crippen LogP) is 3.55. The Hall–Kier alpha value is -1.62. The lowest BCUT2D eigenvalue weighted by Gasteiger charge is -2.13. The van der Waals surface area contributed by atoms with Crippen LogP contribution in [0.5, 0.6) is 0 Å². The average molecular weight is 351 g/mol. The number of carbonyl (C=O) groups is 1. The molecular weight excluding hydrogens is 332 g/mol. The summed E-state index contributed by atoms with van der Waals surface area (Å²) in [6.45, 7) is 2.06. The minimum absolute atomic E-state index is 0.488. The van der Waals surface area contributed by atoms with Crippen molar-refractivity contribution in [3.05, 3.63) is 51.8 Å². The molecule has 1 aromatic carbocycles. The number of aliphatic carboxylic acids is 1. The van der Waals surface area contributed by atoms with Crippen molar-refractivity contribution < 1.29 is 9.90 Å². The molecule has 0 amide bonds. The third-order valence-electron chi connectivity index (χ3n) is 3.67.